The van der Waals surface area contributed by atoms with Crippen LogP contribution in [0, 0.1) is 0 Å². The van der Waals surface area contributed by atoms with E-state index < -0.39 is 0 Å². The summed E-state index contributed by atoms with van der Waals surface area (Å²) in [5.41, 5.74) is 7.77. The predicted octanol–water partition coefficient (Wildman–Crippen LogP) is 2.46. The molecule has 1 atom stereocenters. The molecule has 70 valence electrons. The molecule has 0 aliphatic heterocycles. The van der Waals surface area contributed by atoms with Gasteiger partial charge in [0.05, 0.1) is 0 Å². The second-order valence-corrected chi connectivity index (χ2v) is 4.33. The smallest absolute Gasteiger partial charge is 0.00189 e. The van der Waals surface area contributed by atoms with Crippen molar-refractivity contribution >= 4 is 0 Å². The molecule has 1 aliphatic rings. The number of nitrogens with two attached hydrogens (primary N) is 1. The van der Waals surface area contributed by atoms with Gasteiger partial charge < -0.3 is 5.73 Å². The summed E-state index contributed by atoms with van der Waals surface area (Å²) in [5.74, 6) is 0. The van der Waals surface area contributed by atoms with Gasteiger partial charge in [-0.05, 0) is 37.2 Å². The first-order valence-electron chi connectivity index (χ1n) is 5.04. The van der Waals surface area contributed by atoms with E-state index in [1.54, 1.807) is 0 Å². The molecule has 1 fully saturated rings. The highest BCUT2D eigenvalue weighted by Crippen LogP contribution is 2.51. The van der Waals surface area contributed by atoms with E-state index in [1.165, 1.54) is 18.4 Å². The van der Waals surface area contributed by atoms with E-state index in [9.17, 15) is 0 Å². The van der Waals surface area contributed by atoms with Crippen molar-refractivity contribution in [3.8, 4) is 0 Å². The van der Waals surface area contributed by atoms with Crippen LogP contribution in [0.5, 0.6) is 0 Å². The number of benzene rings is 1. The van der Waals surface area contributed by atoms with Crippen LogP contribution in [-0.4, -0.2) is 6.04 Å². The Kier molecular flexibility index (Phi) is 2.12. The molecule has 1 aliphatic carbocycles. The van der Waals surface area contributed by atoms with Crippen LogP contribution in [0.1, 0.15) is 31.7 Å². The highest BCUT2D eigenvalue weighted by molar-refractivity contribution is 5.31. The van der Waals surface area contributed by atoms with Crippen LogP contribution < -0.4 is 5.73 Å². The van der Waals surface area contributed by atoms with Gasteiger partial charge in [-0.1, -0.05) is 30.3 Å². The maximum atomic E-state index is 5.86. The van der Waals surface area contributed by atoms with Crippen molar-refractivity contribution in [2.45, 2.75) is 37.6 Å². The Morgan fingerprint density at radius 3 is 2.38 bits per heavy atom. The zero-order valence-corrected chi connectivity index (χ0v) is 8.16. The zero-order valence-electron chi connectivity index (χ0n) is 8.16. The Balaban J connectivity index is 2.16. The molecule has 1 aromatic carbocycles. The maximum absolute atomic E-state index is 5.86. The first kappa shape index (κ1) is 8.76. The van der Waals surface area contributed by atoms with Crippen molar-refractivity contribution < 1.29 is 0 Å². The fourth-order valence-electron chi connectivity index (χ4n) is 2.17. The average Bonchev–Trinajstić information content (AvgIpc) is 2.86. The molecule has 0 radical (unpaired) electrons. The van der Waals surface area contributed by atoms with E-state index in [4.69, 9.17) is 5.73 Å². The largest absolute Gasteiger partial charge is 0.328 e. The van der Waals surface area contributed by atoms with Gasteiger partial charge in [0.25, 0.3) is 0 Å². The summed E-state index contributed by atoms with van der Waals surface area (Å²) in [6.45, 7) is 2.10. The molecule has 13 heavy (non-hydrogen) atoms. The summed E-state index contributed by atoms with van der Waals surface area (Å²) in [6.07, 6.45) is 3.77. The lowest BCUT2D eigenvalue weighted by Gasteiger charge is -2.17. The normalized spacial score (nSPS) is 21.1. The van der Waals surface area contributed by atoms with Crippen molar-refractivity contribution in [3.05, 3.63) is 35.9 Å². The Bertz CT molecular complexity index is 272. The van der Waals surface area contributed by atoms with Crippen LogP contribution in [-0.2, 0) is 5.41 Å². The molecule has 2 N–H and O–H groups in total. The average molecular weight is 175 g/mol. The van der Waals surface area contributed by atoms with Crippen molar-refractivity contribution in [1.29, 1.82) is 0 Å². The molecule has 0 spiro atoms. The van der Waals surface area contributed by atoms with E-state index in [2.05, 4.69) is 37.3 Å². The number of hydrogen-bond acceptors (Lipinski definition) is 1. The van der Waals surface area contributed by atoms with Gasteiger partial charge in [0.2, 0.25) is 0 Å². The molecule has 0 amide bonds. The van der Waals surface area contributed by atoms with Crippen LogP contribution in [0.25, 0.3) is 0 Å². The fraction of sp³-hybridized carbons (Fsp3) is 0.500. The van der Waals surface area contributed by atoms with E-state index in [0.29, 0.717) is 11.5 Å². The second kappa shape index (κ2) is 3.15. The van der Waals surface area contributed by atoms with Gasteiger partial charge in [0.1, 0.15) is 0 Å². The zero-order chi connectivity index (χ0) is 9.31. The summed E-state index contributed by atoms with van der Waals surface area (Å²) >= 11 is 0. The number of hydrogen-bond donors (Lipinski definition) is 1. The molecular formula is C12H17N. The molecule has 1 saturated carbocycles. The Morgan fingerprint density at radius 1 is 1.31 bits per heavy atom. The molecule has 0 bridgehead atoms. The van der Waals surface area contributed by atoms with Gasteiger partial charge in [0.15, 0.2) is 0 Å². The molecule has 0 heterocycles. The SMILES string of the molecule is C[C@@H](N)CC1(c2ccccc2)CC1. The molecule has 1 heteroatoms. The molecule has 0 unspecified atom stereocenters. The van der Waals surface area contributed by atoms with Crippen LogP contribution in [0.4, 0.5) is 0 Å². The van der Waals surface area contributed by atoms with Gasteiger partial charge in [-0.2, -0.15) is 0 Å². The Labute approximate surface area is 80.0 Å². The maximum Gasteiger partial charge on any atom is 0.00189 e. The van der Waals surface area contributed by atoms with E-state index in [-0.39, 0.29) is 0 Å². The third-order valence-electron chi connectivity index (χ3n) is 2.95. The summed E-state index contributed by atoms with van der Waals surface area (Å²) in [7, 11) is 0. The monoisotopic (exact) mass is 175 g/mol. The lowest BCUT2D eigenvalue weighted by atomic mass is 9.90. The van der Waals surface area contributed by atoms with Gasteiger partial charge in [0, 0.05) is 6.04 Å². The van der Waals surface area contributed by atoms with Crippen molar-refractivity contribution in [3.63, 3.8) is 0 Å². The van der Waals surface area contributed by atoms with Crippen LogP contribution in [0.2, 0.25) is 0 Å². The molecule has 0 saturated heterocycles. The van der Waals surface area contributed by atoms with Gasteiger partial charge >= 0.3 is 0 Å². The van der Waals surface area contributed by atoms with E-state index in [0.717, 1.165) is 6.42 Å². The van der Waals surface area contributed by atoms with E-state index in [1.807, 2.05) is 0 Å². The highest BCUT2D eigenvalue weighted by Gasteiger charge is 2.44. The summed E-state index contributed by atoms with van der Waals surface area (Å²) < 4.78 is 0. The molecule has 2 rings (SSSR count). The first-order chi connectivity index (χ1) is 6.23. The third-order valence-corrected chi connectivity index (χ3v) is 2.95. The second-order valence-electron chi connectivity index (χ2n) is 4.33. The molecular weight excluding hydrogens is 158 g/mol. The van der Waals surface area contributed by atoms with Crippen molar-refractivity contribution in [2.75, 3.05) is 0 Å². The lowest BCUT2D eigenvalue weighted by Crippen LogP contribution is -2.22. The van der Waals surface area contributed by atoms with Gasteiger partial charge in [-0.3, -0.25) is 0 Å². The Morgan fingerprint density at radius 2 is 1.92 bits per heavy atom. The standard InChI is InChI=1S/C12H17N/c1-10(13)9-12(7-8-12)11-5-3-2-4-6-11/h2-6,10H,7-9,13H2,1H3/t10-/m1/s1. The molecule has 0 aromatic heterocycles. The van der Waals surface area contributed by atoms with Crippen molar-refractivity contribution in [2.24, 2.45) is 5.73 Å². The van der Waals surface area contributed by atoms with Gasteiger partial charge in [-0.15, -0.1) is 0 Å². The quantitative estimate of drug-likeness (QED) is 0.750. The first-order valence-corrected chi connectivity index (χ1v) is 5.04. The fourth-order valence-corrected chi connectivity index (χ4v) is 2.17. The lowest BCUT2D eigenvalue weighted by molar-refractivity contribution is 0.542. The predicted molar refractivity (Wildman–Crippen MR) is 55.6 cm³/mol. The summed E-state index contributed by atoms with van der Waals surface area (Å²) in [6, 6.07) is 11.1. The summed E-state index contributed by atoms with van der Waals surface area (Å²) in [4.78, 5) is 0. The molecule has 1 nitrogen and oxygen atoms in total. The topological polar surface area (TPSA) is 26.0 Å². The molecule has 1 aromatic rings. The van der Waals surface area contributed by atoms with E-state index >= 15 is 0 Å². The third kappa shape index (κ3) is 1.75. The van der Waals surface area contributed by atoms with Crippen LogP contribution in [0.15, 0.2) is 30.3 Å². The number of rotatable bonds is 3. The van der Waals surface area contributed by atoms with Crippen molar-refractivity contribution in [1.82, 2.24) is 0 Å². The van der Waals surface area contributed by atoms with Gasteiger partial charge in [-0.25, -0.2) is 0 Å². The minimum absolute atomic E-state index is 0.322. The van der Waals surface area contributed by atoms with Crippen LogP contribution >= 0.6 is 0 Å². The summed E-state index contributed by atoms with van der Waals surface area (Å²) in [5, 5.41) is 0. The minimum Gasteiger partial charge on any atom is -0.328 e. The Hall–Kier alpha value is -0.820. The van der Waals surface area contributed by atoms with Crippen LogP contribution in [0.3, 0.4) is 0 Å². The minimum atomic E-state index is 0.322. The highest BCUT2D eigenvalue weighted by atomic mass is 14.6.